The molecule has 5 nitrogen and oxygen atoms in total. The van der Waals surface area contributed by atoms with E-state index in [0.717, 1.165) is 0 Å². The van der Waals surface area contributed by atoms with Crippen LogP contribution in [-0.4, -0.2) is 28.9 Å². The average Bonchev–Trinajstić information content (AvgIpc) is 2.15. The maximum atomic E-state index is 11.6. The van der Waals surface area contributed by atoms with Gasteiger partial charge in [0, 0.05) is 12.4 Å². The summed E-state index contributed by atoms with van der Waals surface area (Å²) in [7, 11) is 0. The molecule has 16 heavy (non-hydrogen) atoms. The van der Waals surface area contributed by atoms with Crippen LogP contribution in [-0.2, 0) is 14.3 Å². The fourth-order valence-electron chi connectivity index (χ4n) is 1.21. The summed E-state index contributed by atoms with van der Waals surface area (Å²) in [5.74, 6) is -2.24. The van der Waals surface area contributed by atoms with Crippen molar-refractivity contribution in [3.05, 3.63) is 11.8 Å². The smallest absolute Gasteiger partial charge is 0.336 e. The number of hydrogen-bond acceptors (Lipinski definition) is 4. The molecule has 0 amide bonds. The first-order chi connectivity index (χ1) is 7.29. The standard InChI is InChI=1S/C11H15NO4/c1-11(2,3)16-10(15)8-4-7(9(13)14)5-12-6-8/h5-7H,4H2,1-3H3,(H,13,14). The minimum Gasteiger partial charge on any atom is -0.481 e. The molecule has 0 spiro atoms. The Labute approximate surface area is 93.8 Å². The Bertz CT molecular complexity index is 363. The van der Waals surface area contributed by atoms with Crippen LogP contribution in [0.15, 0.2) is 16.8 Å². The van der Waals surface area contributed by atoms with Gasteiger partial charge in [0.15, 0.2) is 0 Å². The summed E-state index contributed by atoms with van der Waals surface area (Å²) in [6, 6.07) is 0. The van der Waals surface area contributed by atoms with Gasteiger partial charge >= 0.3 is 11.9 Å². The number of aliphatic carboxylic acids is 1. The number of esters is 1. The Kier molecular flexibility index (Phi) is 3.47. The first-order valence-electron chi connectivity index (χ1n) is 4.98. The van der Waals surface area contributed by atoms with Crippen LogP contribution < -0.4 is 0 Å². The van der Waals surface area contributed by atoms with Crippen molar-refractivity contribution in [2.45, 2.75) is 32.8 Å². The van der Waals surface area contributed by atoms with Gasteiger partial charge in [0.1, 0.15) is 5.60 Å². The van der Waals surface area contributed by atoms with E-state index in [2.05, 4.69) is 4.99 Å². The fourth-order valence-corrected chi connectivity index (χ4v) is 1.21. The van der Waals surface area contributed by atoms with Crippen LogP contribution >= 0.6 is 0 Å². The first kappa shape index (κ1) is 12.4. The number of rotatable bonds is 2. The Morgan fingerprint density at radius 3 is 2.62 bits per heavy atom. The first-order valence-corrected chi connectivity index (χ1v) is 4.98. The summed E-state index contributed by atoms with van der Waals surface area (Å²) < 4.78 is 5.13. The van der Waals surface area contributed by atoms with Crippen LogP contribution in [0.5, 0.6) is 0 Å². The largest absolute Gasteiger partial charge is 0.481 e. The number of carboxylic acid groups (broad SMARTS) is 1. The SMILES string of the molecule is CC(C)(C)OC(=O)C1=CN=CC(C(=O)O)C1. The molecular weight excluding hydrogens is 210 g/mol. The van der Waals surface area contributed by atoms with Crippen molar-refractivity contribution >= 4 is 18.2 Å². The highest BCUT2D eigenvalue weighted by Crippen LogP contribution is 2.19. The minimum absolute atomic E-state index is 0.133. The highest BCUT2D eigenvalue weighted by molar-refractivity contribution is 5.95. The summed E-state index contributed by atoms with van der Waals surface area (Å²) in [6.07, 6.45) is 2.80. The van der Waals surface area contributed by atoms with E-state index in [1.165, 1.54) is 12.4 Å². The number of carboxylic acids is 1. The third kappa shape index (κ3) is 3.49. The predicted molar refractivity (Wildman–Crippen MR) is 58.2 cm³/mol. The highest BCUT2D eigenvalue weighted by Gasteiger charge is 2.26. The van der Waals surface area contributed by atoms with E-state index in [9.17, 15) is 9.59 Å². The lowest BCUT2D eigenvalue weighted by Crippen LogP contribution is -2.27. The number of nitrogens with zero attached hydrogens (tertiary/aromatic N) is 1. The Morgan fingerprint density at radius 1 is 1.50 bits per heavy atom. The van der Waals surface area contributed by atoms with Crippen molar-refractivity contribution in [1.82, 2.24) is 0 Å². The van der Waals surface area contributed by atoms with Crippen molar-refractivity contribution in [2.75, 3.05) is 0 Å². The van der Waals surface area contributed by atoms with E-state index in [1.807, 2.05) is 0 Å². The van der Waals surface area contributed by atoms with Crippen LogP contribution in [0.2, 0.25) is 0 Å². The average molecular weight is 225 g/mol. The van der Waals surface area contributed by atoms with Crippen LogP contribution in [0.25, 0.3) is 0 Å². The van der Waals surface area contributed by atoms with Gasteiger partial charge in [0.25, 0.3) is 0 Å². The normalized spacial score (nSPS) is 20.2. The van der Waals surface area contributed by atoms with E-state index in [0.29, 0.717) is 5.57 Å². The monoisotopic (exact) mass is 225 g/mol. The van der Waals surface area contributed by atoms with Crippen molar-refractivity contribution in [3.63, 3.8) is 0 Å². The van der Waals surface area contributed by atoms with Crippen LogP contribution in [0.4, 0.5) is 0 Å². The third-order valence-corrected chi connectivity index (χ3v) is 1.91. The van der Waals surface area contributed by atoms with E-state index in [4.69, 9.17) is 9.84 Å². The number of ether oxygens (including phenoxy) is 1. The van der Waals surface area contributed by atoms with E-state index < -0.39 is 23.5 Å². The van der Waals surface area contributed by atoms with E-state index >= 15 is 0 Å². The van der Waals surface area contributed by atoms with Gasteiger partial charge in [-0.15, -0.1) is 0 Å². The molecule has 0 aromatic rings. The fraction of sp³-hybridized carbons (Fsp3) is 0.545. The van der Waals surface area contributed by atoms with Gasteiger partial charge < -0.3 is 9.84 Å². The lowest BCUT2D eigenvalue weighted by Gasteiger charge is -2.21. The summed E-state index contributed by atoms with van der Waals surface area (Å²) in [6.45, 7) is 5.27. The van der Waals surface area contributed by atoms with Gasteiger partial charge in [0.05, 0.1) is 11.5 Å². The third-order valence-electron chi connectivity index (χ3n) is 1.91. The van der Waals surface area contributed by atoms with E-state index in [-0.39, 0.29) is 6.42 Å². The summed E-state index contributed by atoms with van der Waals surface area (Å²) in [4.78, 5) is 26.1. The lowest BCUT2D eigenvalue weighted by molar-refractivity contribution is -0.150. The maximum absolute atomic E-state index is 11.6. The molecule has 1 rings (SSSR count). The number of aliphatic imine (C=N–C) groups is 1. The summed E-state index contributed by atoms with van der Waals surface area (Å²) >= 11 is 0. The van der Waals surface area contributed by atoms with Crippen LogP contribution in [0.1, 0.15) is 27.2 Å². The number of carbonyl (C=O) groups excluding carboxylic acids is 1. The zero-order chi connectivity index (χ0) is 12.3. The van der Waals surface area contributed by atoms with Crippen molar-refractivity contribution in [3.8, 4) is 0 Å². The minimum atomic E-state index is -0.988. The van der Waals surface area contributed by atoms with Crippen molar-refractivity contribution in [1.29, 1.82) is 0 Å². The summed E-state index contributed by atoms with van der Waals surface area (Å²) in [5.41, 5.74) is -0.289. The molecule has 88 valence electrons. The molecule has 1 aliphatic rings. The molecular formula is C11H15NO4. The van der Waals surface area contributed by atoms with Gasteiger partial charge in [-0.05, 0) is 27.2 Å². The molecule has 0 radical (unpaired) electrons. The lowest BCUT2D eigenvalue weighted by atomic mass is 9.99. The van der Waals surface area contributed by atoms with Gasteiger partial charge in [-0.25, -0.2) is 4.79 Å². The molecule has 1 N–H and O–H groups in total. The molecule has 0 aromatic carbocycles. The number of hydrogen-bond donors (Lipinski definition) is 1. The second-order valence-electron chi connectivity index (χ2n) is 4.60. The molecule has 5 heteroatoms. The second kappa shape index (κ2) is 4.47. The zero-order valence-corrected chi connectivity index (χ0v) is 9.56. The molecule has 0 saturated carbocycles. The molecule has 0 bridgehead atoms. The molecule has 0 fully saturated rings. The zero-order valence-electron chi connectivity index (χ0n) is 9.56. The van der Waals surface area contributed by atoms with Crippen molar-refractivity contribution < 1.29 is 19.4 Å². The number of carbonyl (C=O) groups is 2. The van der Waals surface area contributed by atoms with Crippen LogP contribution in [0.3, 0.4) is 0 Å². The van der Waals surface area contributed by atoms with Gasteiger partial charge in [-0.1, -0.05) is 0 Å². The quantitative estimate of drug-likeness (QED) is 0.720. The molecule has 1 heterocycles. The molecule has 0 aromatic heterocycles. The Hall–Kier alpha value is -1.65. The molecule has 1 aliphatic heterocycles. The van der Waals surface area contributed by atoms with Gasteiger partial charge in [-0.3, -0.25) is 9.79 Å². The van der Waals surface area contributed by atoms with Gasteiger partial charge in [-0.2, -0.15) is 0 Å². The highest BCUT2D eigenvalue weighted by atomic mass is 16.6. The maximum Gasteiger partial charge on any atom is 0.336 e. The molecule has 0 aliphatic carbocycles. The summed E-state index contributed by atoms with van der Waals surface area (Å²) in [5, 5.41) is 8.80. The second-order valence-corrected chi connectivity index (χ2v) is 4.60. The van der Waals surface area contributed by atoms with E-state index in [1.54, 1.807) is 20.8 Å². The van der Waals surface area contributed by atoms with Crippen molar-refractivity contribution in [2.24, 2.45) is 10.9 Å². The van der Waals surface area contributed by atoms with Gasteiger partial charge in [0.2, 0.25) is 0 Å². The molecule has 1 atom stereocenters. The predicted octanol–water partition coefficient (Wildman–Crippen LogP) is 1.39. The topological polar surface area (TPSA) is 76.0 Å². The Balaban J connectivity index is 2.69. The Morgan fingerprint density at radius 2 is 2.12 bits per heavy atom. The van der Waals surface area contributed by atoms with Crippen LogP contribution in [0, 0.1) is 5.92 Å². The molecule has 0 saturated heterocycles. The molecule has 1 unspecified atom stereocenters.